The number of aromatic nitrogens is 1. The first-order chi connectivity index (χ1) is 9.33. The van der Waals surface area contributed by atoms with Crippen LogP contribution in [0, 0.1) is 5.92 Å². The third kappa shape index (κ3) is 1.80. The number of para-hydroxylation sites is 1. The molecule has 0 N–H and O–H groups in total. The Morgan fingerprint density at radius 2 is 2.11 bits per heavy atom. The van der Waals surface area contributed by atoms with Crippen LogP contribution < -0.4 is 0 Å². The van der Waals surface area contributed by atoms with Crippen molar-refractivity contribution in [1.82, 2.24) is 4.98 Å². The highest BCUT2D eigenvalue weighted by molar-refractivity contribution is 5.79. The maximum absolute atomic E-state index is 4.92. The van der Waals surface area contributed by atoms with Crippen LogP contribution in [0.25, 0.3) is 10.9 Å². The van der Waals surface area contributed by atoms with Crippen molar-refractivity contribution in [2.75, 3.05) is 0 Å². The van der Waals surface area contributed by atoms with Crippen molar-refractivity contribution in [2.24, 2.45) is 5.92 Å². The van der Waals surface area contributed by atoms with E-state index in [1.165, 1.54) is 35.9 Å². The zero-order valence-electron chi connectivity index (χ0n) is 11.4. The minimum Gasteiger partial charge on any atom is -0.253 e. The van der Waals surface area contributed by atoms with Crippen molar-refractivity contribution in [3.8, 4) is 0 Å². The molecular formula is C18H19N. The molecule has 0 fully saturated rings. The lowest BCUT2D eigenvalue weighted by Gasteiger charge is -2.35. The topological polar surface area (TPSA) is 12.9 Å². The smallest absolute Gasteiger partial charge is 0.0705 e. The Morgan fingerprint density at radius 3 is 3.00 bits per heavy atom. The lowest BCUT2D eigenvalue weighted by Crippen LogP contribution is -2.23. The van der Waals surface area contributed by atoms with Crippen LogP contribution in [-0.4, -0.2) is 4.98 Å². The molecule has 2 aromatic rings. The first-order valence-corrected chi connectivity index (χ1v) is 7.41. The van der Waals surface area contributed by atoms with Crippen LogP contribution in [0.5, 0.6) is 0 Å². The van der Waals surface area contributed by atoms with Gasteiger partial charge in [-0.05, 0) is 55.2 Å². The highest BCUT2D eigenvalue weighted by Gasteiger charge is 2.31. The van der Waals surface area contributed by atoms with Gasteiger partial charge in [0.15, 0.2) is 0 Å². The molecule has 0 aliphatic heterocycles. The van der Waals surface area contributed by atoms with Gasteiger partial charge in [0, 0.05) is 11.1 Å². The molecule has 0 amide bonds. The van der Waals surface area contributed by atoms with E-state index in [1.807, 2.05) is 0 Å². The van der Waals surface area contributed by atoms with E-state index in [-0.39, 0.29) is 0 Å². The highest BCUT2D eigenvalue weighted by Crippen LogP contribution is 2.44. The van der Waals surface area contributed by atoms with Gasteiger partial charge in [-0.1, -0.05) is 36.8 Å². The van der Waals surface area contributed by atoms with Crippen molar-refractivity contribution < 1.29 is 0 Å². The monoisotopic (exact) mass is 249 g/mol. The molecule has 0 unspecified atom stereocenters. The number of hydrogen-bond donors (Lipinski definition) is 0. The van der Waals surface area contributed by atoms with Crippen molar-refractivity contribution in [3.05, 3.63) is 53.2 Å². The Balaban J connectivity index is 1.85. The summed E-state index contributed by atoms with van der Waals surface area (Å²) >= 11 is 0. The molecule has 2 aliphatic rings. The van der Waals surface area contributed by atoms with E-state index in [1.54, 1.807) is 5.57 Å². The van der Waals surface area contributed by atoms with Crippen molar-refractivity contribution in [3.63, 3.8) is 0 Å². The quantitative estimate of drug-likeness (QED) is 0.672. The summed E-state index contributed by atoms with van der Waals surface area (Å²) in [6.07, 6.45) is 7.45. The molecule has 0 saturated heterocycles. The Morgan fingerprint density at radius 1 is 1.21 bits per heavy atom. The van der Waals surface area contributed by atoms with Gasteiger partial charge in [-0.2, -0.15) is 0 Å². The van der Waals surface area contributed by atoms with Crippen LogP contribution >= 0.6 is 0 Å². The van der Waals surface area contributed by atoms with E-state index in [0.717, 1.165) is 17.9 Å². The molecule has 4 rings (SSSR count). The molecular weight excluding hydrogens is 230 g/mol. The standard InChI is InChI=1S/C18H19N/c1-2-12-7-13-9-15(8-12)16-11-14-5-3-4-6-17(14)19-18(16)10-13/h3-7,11,13,15H,2,8-10H2,1H3/t13-,15+/m1/s1. The van der Waals surface area contributed by atoms with E-state index in [9.17, 15) is 0 Å². The zero-order valence-corrected chi connectivity index (χ0v) is 11.4. The molecule has 0 spiro atoms. The highest BCUT2D eigenvalue weighted by atomic mass is 14.7. The molecule has 2 aliphatic carbocycles. The van der Waals surface area contributed by atoms with Gasteiger partial charge in [0.25, 0.3) is 0 Å². The van der Waals surface area contributed by atoms with Gasteiger partial charge in [-0.3, -0.25) is 4.98 Å². The Hall–Kier alpha value is -1.63. The van der Waals surface area contributed by atoms with Gasteiger partial charge >= 0.3 is 0 Å². The largest absolute Gasteiger partial charge is 0.253 e. The minimum absolute atomic E-state index is 0.714. The number of fused-ring (bicyclic) bond motifs is 5. The van der Waals surface area contributed by atoms with E-state index in [4.69, 9.17) is 4.98 Å². The minimum atomic E-state index is 0.714. The third-order valence-electron chi connectivity index (χ3n) is 4.75. The number of pyridine rings is 1. The third-order valence-corrected chi connectivity index (χ3v) is 4.75. The van der Waals surface area contributed by atoms with E-state index >= 15 is 0 Å². The van der Waals surface area contributed by atoms with Gasteiger partial charge in [0.2, 0.25) is 0 Å². The summed E-state index contributed by atoms with van der Waals surface area (Å²) in [7, 11) is 0. The summed E-state index contributed by atoms with van der Waals surface area (Å²) in [4.78, 5) is 4.92. The predicted octanol–water partition coefficient (Wildman–Crippen LogP) is 4.62. The maximum Gasteiger partial charge on any atom is 0.0705 e. The molecule has 1 aromatic heterocycles. The predicted molar refractivity (Wildman–Crippen MR) is 79.3 cm³/mol. The van der Waals surface area contributed by atoms with E-state index in [2.05, 4.69) is 43.3 Å². The number of benzene rings is 1. The fourth-order valence-electron chi connectivity index (χ4n) is 3.81. The fraction of sp³-hybridized carbons (Fsp3) is 0.389. The molecule has 1 aromatic carbocycles. The van der Waals surface area contributed by atoms with Crippen LogP contribution in [0.1, 0.15) is 43.4 Å². The number of nitrogens with zero attached hydrogens (tertiary/aromatic N) is 1. The Bertz CT molecular complexity index is 668. The molecule has 1 nitrogen and oxygen atoms in total. The first-order valence-electron chi connectivity index (χ1n) is 7.41. The molecule has 2 bridgehead atoms. The lowest BCUT2D eigenvalue weighted by molar-refractivity contribution is 0.428. The van der Waals surface area contributed by atoms with Crippen LogP contribution in [0.3, 0.4) is 0 Å². The normalized spacial score (nSPS) is 25.0. The SMILES string of the molecule is CCC1=C[C@H]2Cc3nc4ccccc4cc3[C@@H](C1)C2. The molecule has 1 heterocycles. The van der Waals surface area contributed by atoms with Crippen LogP contribution in [-0.2, 0) is 6.42 Å². The summed E-state index contributed by atoms with van der Waals surface area (Å²) < 4.78 is 0. The van der Waals surface area contributed by atoms with Crippen molar-refractivity contribution in [1.29, 1.82) is 0 Å². The molecule has 19 heavy (non-hydrogen) atoms. The fourth-order valence-corrected chi connectivity index (χ4v) is 3.81. The second-order valence-corrected chi connectivity index (χ2v) is 6.00. The second kappa shape index (κ2) is 4.19. The van der Waals surface area contributed by atoms with Crippen molar-refractivity contribution in [2.45, 2.75) is 38.5 Å². The zero-order chi connectivity index (χ0) is 12.8. The Labute approximate surface area is 114 Å². The average Bonchev–Trinajstić information content (AvgIpc) is 2.45. The molecule has 0 saturated carbocycles. The van der Waals surface area contributed by atoms with Gasteiger partial charge in [0.05, 0.1) is 5.52 Å². The number of allylic oxidation sites excluding steroid dienone is 2. The van der Waals surface area contributed by atoms with Crippen molar-refractivity contribution >= 4 is 10.9 Å². The van der Waals surface area contributed by atoms with Gasteiger partial charge in [-0.15, -0.1) is 0 Å². The van der Waals surface area contributed by atoms with Gasteiger partial charge in [-0.25, -0.2) is 0 Å². The second-order valence-electron chi connectivity index (χ2n) is 6.00. The van der Waals surface area contributed by atoms with Gasteiger partial charge < -0.3 is 0 Å². The Kier molecular flexibility index (Phi) is 2.48. The summed E-state index contributed by atoms with van der Waals surface area (Å²) in [5.41, 5.74) is 5.68. The summed E-state index contributed by atoms with van der Waals surface area (Å²) in [6, 6.07) is 10.9. The molecule has 96 valence electrons. The average molecular weight is 249 g/mol. The van der Waals surface area contributed by atoms with E-state index in [0.29, 0.717) is 5.92 Å². The lowest BCUT2D eigenvalue weighted by atomic mass is 9.71. The number of hydrogen-bond acceptors (Lipinski definition) is 1. The summed E-state index contributed by atoms with van der Waals surface area (Å²) in [5.74, 6) is 1.45. The van der Waals surface area contributed by atoms with Gasteiger partial charge in [0.1, 0.15) is 0 Å². The van der Waals surface area contributed by atoms with Crippen LogP contribution in [0.4, 0.5) is 0 Å². The van der Waals surface area contributed by atoms with Crippen LogP contribution in [0.15, 0.2) is 42.0 Å². The molecule has 2 atom stereocenters. The van der Waals surface area contributed by atoms with Crippen LogP contribution in [0.2, 0.25) is 0 Å². The molecule has 0 radical (unpaired) electrons. The summed E-state index contributed by atoms with van der Waals surface area (Å²) in [5, 5.41) is 1.30. The number of rotatable bonds is 1. The molecule has 1 heteroatoms. The summed E-state index contributed by atoms with van der Waals surface area (Å²) in [6.45, 7) is 2.28. The first kappa shape index (κ1) is 11.2. The maximum atomic E-state index is 4.92. The van der Waals surface area contributed by atoms with E-state index < -0.39 is 0 Å².